The van der Waals surface area contributed by atoms with Crippen molar-refractivity contribution in [2.45, 2.75) is 32.9 Å². The van der Waals surface area contributed by atoms with E-state index in [1.54, 1.807) is 0 Å². The molecule has 0 aliphatic heterocycles. The average Bonchev–Trinajstić information content (AvgIpc) is 2.43. The van der Waals surface area contributed by atoms with Gasteiger partial charge in [-0.3, -0.25) is 4.90 Å². The lowest BCUT2D eigenvalue weighted by atomic mass is 10.0. The average molecular weight is 257 g/mol. The topological polar surface area (TPSA) is 23.5 Å². The van der Waals surface area contributed by atoms with Crippen LogP contribution in [0.15, 0.2) is 42.5 Å². The van der Waals surface area contributed by atoms with Crippen LogP contribution in [-0.4, -0.2) is 29.1 Å². The van der Waals surface area contributed by atoms with E-state index in [9.17, 15) is 5.11 Å². The Kier molecular flexibility index (Phi) is 4.56. The molecule has 0 aliphatic rings. The molecule has 19 heavy (non-hydrogen) atoms. The molecule has 1 N–H and O–H groups in total. The quantitative estimate of drug-likeness (QED) is 0.884. The van der Waals surface area contributed by atoms with E-state index in [4.69, 9.17) is 0 Å². The highest BCUT2D eigenvalue weighted by Crippen LogP contribution is 2.21. The van der Waals surface area contributed by atoms with E-state index in [0.717, 1.165) is 12.1 Å². The second kappa shape index (κ2) is 6.18. The van der Waals surface area contributed by atoms with E-state index in [-0.39, 0.29) is 0 Å². The van der Waals surface area contributed by atoms with E-state index in [1.807, 2.05) is 18.2 Å². The molecule has 2 nitrogen and oxygen atoms in total. The van der Waals surface area contributed by atoms with Crippen LogP contribution in [0, 0.1) is 0 Å². The minimum atomic E-state index is -0.424. The molecule has 0 aromatic heterocycles. The van der Waals surface area contributed by atoms with Crippen molar-refractivity contribution < 1.29 is 5.11 Å². The van der Waals surface area contributed by atoms with Crippen LogP contribution in [0.25, 0.3) is 10.8 Å². The summed E-state index contributed by atoms with van der Waals surface area (Å²) in [6, 6.07) is 14.9. The fourth-order valence-corrected chi connectivity index (χ4v) is 2.45. The molecule has 0 radical (unpaired) electrons. The third-order valence-corrected chi connectivity index (χ3v) is 3.70. The summed E-state index contributed by atoms with van der Waals surface area (Å²) < 4.78 is 0. The van der Waals surface area contributed by atoms with E-state index in [2.05, 4.69) is 49.9 Å². The summed E-state index contributed by atoms with van der Waals surface area (Å²) in [6.45, 7) is 8.11. The van der Waals surface area contributed by atoms with Gasteiger partial charge in [-0.2, -0.15) is 0 Å². The van der Waals surface area contributed by atoms with Crippen molar-refractivity contribution in [2.75, 3.05) is 13.1 Å². The molecule has 0 saturated heterocycles. The molecule has 2 aromatic carbocycles. The van der Waals surface area contributed by atoms with E-state index in [1.165, 1.54) is 10.8 Å². The molecule has 0 amide bonds. The van der Waals surface area contributed by atoms with Gasteiger partial charge in [0.25, 0.3) is 0 Å². The molecule has 0 spiro atoms. The fraction of sp³-hybridized carbons (Fsp3) is 0.412. The van der Waals surface area contributed by atoms with Crippen LogP contribution >= 0.6 is 0 Å². The van der Waals surface area contributed by atoms with Crippen LogP contribution in [0.2, 0.25) is 0 Å². The molecule has 0 bridgehead atoms. The zero-order valence-electron chi connectivity index (χ0n) is 12.0. The molecule has 2 rings (SSSR count). The van der Waals surface area contributed by atoms with Crippen LogP contribution in [0.3, 0.4) is 0 Å². The summed E-state index contributed by atoms with van der Waals surface area (Å²) in [4.78, 5) is 2.28. The molecule has 2 heteroatoms. The Balaban J connectivity index is 2.19. The van der Waals surface area contributed by atoms with Crippen molar-refractivity contribution in [2.24, 2.45) is 0 Å². The van der Waals surface area contributed by atoms with Crippen LogP contribution in [-0.2, 0) is 0 Å². The number of fused-ring (bicyclic) bond motifs is 1. The van der Waals surface area contributed by atoms with Gasteiger partial charge >= 0.3 is 0 Å². The molecule has 2 aromatic rings. The maximum atomic E-state index is 10.4. The first-order chi connectivity index (χ1) is 9.11. The summed E-state index contributed by atoms with van der Waals surface area (Å²) >= 11 is 0. The van der Waals surface area contributed by atoms with Gasteiger partial charge in [0.15, 0.2) is 0 Å². The normalized spacial score (nSPS) is 13.4. The van der Waals surface area contributed by atoms with Gasteiger partial charge in [-0.25, -0.2) is 0 Å². The van der Waals surface area contributed by atoms with Crippen molar-refractivity contribution in [1.29, 1.82) is 0 Å². The van der Waals surface area contributed by atoms with E-state index < -0.39 is 6.10 Å². The van der Waals surface area contributed by atoms with Gasteiger partial charge in [0.05, 0.1) is 6.10 Å². The van der Waals surface area contributed by atoms with Crippen LogP contribution in [0.5, 0.6) is 0 Å². The van der Waals surface area contributed by atoms with Crippen molar-refractivity contribution in [3.8, 4) is 0 Å². The van der Waals surface area contributed by atoms with Crippen LogP contribution in [0.4, 0.5) is 0 Å². The predicted octanol–water partition coefficient (Wildman–Crippen LogP) is 3.60. The number of aliphatic hydroxyl groups is 1. The number of hydrogen-bond acceptors (Lipinski definition) is 2. The minimum absolute atomic E-state index is 0.424. The molecular weight excluding hydrogens is 234 g/mol. The zero-order valence-corrected chi connectivity index (χ0v) is 12.0. The summed E-state index contributed by atoms with van der Waals surface area (Å²) in [7, 11) is 0. The third kappa shape index (κ3) is 3.34. The summed E-state index contributed by atoms with van der Waals surface area (Å²) in [6.07, 6.45) is -0.424. The lowest BCUT2D eigenvalue weighted by Gasteiger charge is -2.27. The molecule has 0 fully saturated rings. The summed E-state index contributed by atoms with van der Waals surface area (Å²) in [5.41, 5.74) is 0.998. The number of hydrogen-bond donors (Lipinski definition) is 1. The molecule has 0 saturated carbocycles. The number of benzene rings is 2. The Labute approximate surface area is 115 Å². The second-order valence-electron chi connectivity index (χ2n) is 5.30. The summed E-state index contributed by atoms with van der Waals surface area (Å²) in [5.74, 6) is 0. The van der Waals surface area contributed by atoms with Gasteiger partial charge in [0.1, 0.15) is 0 Å². The monoisotopic (exact) mass is 257 g/mol. The Morgan fingerprint density at radius 2 is 1.74 bits per heavy atom. The predicted molar refractivity (Wildman–Crippen MR) is 81.3 cm³/mol. The van der Waals surface area contributed by atoms with Crippen LogP contribution < -0.4 is 0 Å². The molecular formula is C17H23NO. The van der Waals surface area contributed by atoms with Gasteiger partial charge in [0, 0.05) is 12.6 Å². The van der Waals surface area contributed by atoms with Crippen molar-refractivity contribution >= 4 is 10.8 Å². The van der Waals surface area contributed by atoms with Gasteiger partial charge < -0.3 is 5.11 Å². The maximum Gasteiger partial charge on any atom is 0.0917 e. The van der Waals surface area contributed by atoms with Gasteiger partial charge in [-0.05, 0) is 42.8 Å². The molecule has 1 atom stereocenters. The number of nitrogens with zero attached hydrogens (tertiary/aromatic N) is 1. The summed E-state index contributed by atoms with van der Waals surface area (Å²) in [5, 5.41) is 12.8. The second-order valence-corrected chi connectivity index (χ2v) is 5.30. The number of aliphatic hydroxyl groups excluding tert-OH is 1. The number of rotatable bonds is 5. The SMILES string of the molecule is CCN(CC(O)c1ccc2ccccc2c1)C(C)C. The highest BCUT2D eigenvalue weighted by atomic mass is 16.3. The van der Waals surface area contributed by atoms with Gasteiger partial charge in [-0.15, -0.1) is 0 Å². The van der Waals surface area contributed by atoms with Crippen molar-refractivity contribution in [3.05, 3.63) is 48.0 Å². The van der Waals surface area contributed by atoms with Gasteiger partial charge in [0.2, 0.25) is 0 Å². The van der Waals surface area contributed by atoms with E-state index in [0.29, 0.717) is 12.6 Å². The first kappa shape index (κ1) is 14.0. The lowest BCUT2D eigenvalue weighted by molar-refractivity contribution is 0.0992. The van der Waals surface area contributed by atoms with Crippen LogP contribution in [0.1, 0.15) is 32.4 Å². The minimum Gasteiger partial charge on any atom is -0.387 e. The van der Waals surface area contributed by atoms with Crippen molar-refractivity contribution in [3.63, 3.8) is 0 Å². The smallest absolute Gasteiger partial charge is 0.0917 e. The number of likely N-dealkylation sites (N-methyl/N-ethyl adjacent to an activating group) is 1. The zero-order chi connectivity index (χ0) is 13.8. The first-order valence-corrected chi connectivity index (χ1v) is 7.02. The molecule has 102 valence electrons. The fourth-order valence-electron chi connectivity index (χ4n) is 2.45. The Bertz CT molecular complexity index is 536. The lowest BCUT2D eigenvalue weighted by Crippen LogP contribution is -2.34. The highest BCUT2D eigenvalue weighted by Gasteiger charge is 2.14. The first-order valence-electron chi connectivity index (χ1n) is 7.02. The Hall–Kier alpha value is -1.38. The van der Waals surface area contributed by atoms with Gasteiger partial charge in [-0.1, -0.05) is 43.3 Å². The Morgan fingerprint density at radius 3 is 2.37 bits per heavy atom. The molecule has 0 heterocycles. The maximum absolute atomic E-state index is 10.4. The van der Waals surface area contributed by atoms with Crippen molar-refractivity contribution in [1.82, 2.24) is 4.90 Å². The van der Waals surface area contributed by atoms with E-state index >= 15 is 0 Å². The standard InChI is InChI=1S/C17H23NO/c1-4-18(13(2)3)12-17(19)16-10-9-14-7-5-6-8-15(14)11-16/h5-11,13,17,19H,4,12H2,1-3H3. The highest BCUT2D eigenvalue weighted by molar-refractivity contribution is 5.83. The molecule has 0 aliphatic carbocycles. The third-order valence-electron chi connectivity index (χ3n) is 3.70. The largest absolute Gasteiger partial charge is 0.387 e. The molecule has 1 unspecified atom stereocenters. The Morgan fingerprint density at radius 1 is 1.05 bits per heavy atom.